The topological polar surface area (TPSA) is 131 Å². The van der Waals surface area contributed by atoms with Gasteiger partial charge in [0.25, 0.3) is 5.91 Å². The summed E-state index contributed by atoms with van der Waals surface area (Å²) >= 11 is 0. The minimum Gasteiger partial charge on any atom is -0.469 e. The van der Waals surface area contributed by atoms with E-state index in [0.29, 0.717) is 30.5 Å². The molecule has 3 rings (SSSR count). The van der Waals surface area contributed by atoms with Crippen molar-refractivity contribution in [3.8, 4) is 11.1 Å². The van der Waals surface area contributed by atoms with Crippen LogP contribution < -0.4 is 16.8 Å². The van der Waals surface area contributed by atoms with Crippen molar-refractivity contribution >= 4 is 17.7 Å². The van der Waals surface area contributed by atoms with E-state index in [0.717, 1.165) is 22.3 Å². The summed E-state index contributed by atoms with van der Waals surface area (Å²) in [5.74, 6) is -0.734. The zero-order valence-electron chi connectivity index (χ0n) is 20.8. The molecule has 2 unspecified atom stereocenters. The number of amides is 1. The fraction of sp³-hybridized carbons (Fsp3) is 0.276. The van der Waals surface area contributed by atoms with Crippen molar-refractivity contribution < 1.29 is 14.3 Å². The van der Waals surface area contributed by atoms with Gasteiger partial charge in [0, 0.05) is 23.7 Å². The Bertz CT molecular complexity index is 1210. The number of hydrogen-bond acceptors (Lipinski definition) is 5. The molecule has 188 valence electrons. The van der Waals surface area contributed by atoms with Crippen LogP contribution in [0, 0.1) is 11.3 Å². The van der Waals surface area contributed by atoms with Crippen molar-refractivity contribution in [3.05, 3.63) is 95.1 Å². The summed E-state index contributed by atoms with van der Waals surface area (Å²) in [6.07, 6.45) is 1.34. The van der Waals surface area contributed by atoms with Crippen molar-refractivity contribution in [2.75, 3.05) is 7.11 Å². The molecule has 3 aromatic rings. The first kappa shape index (κ1) is 26.6. The molecule has 6 N–H and O–H groups in total. The van der Waals surface area contributed by atoms with Crippen molar-refractivity contribution in [3.63, 3.8) is 0 Å². The minimum absolute atomic E-state index is 0.0140. The van der Waals surface area contributed by atoms with Crippen LogP contribution in [0.3, 0.4) is 0 Å². The highest BCUT2D eigenvalue weighted by Gasteiger charge is 2.26. The highest BCUT2D eigenvalue weighted by atomic mass is 16.5. The fourth-order valence-corrected chi connectivity index (χ4v) is 4.32. The smallest absolute Gasteiger partial charge is 0.305 e. The van der Waals surface area contributed by atoms with E-state index in [9.17, 15) is 9.59 Å². The van der Waals surface area contributed by atoms with Gasteiger partial charge in [-0.1, -0.05) is 55.5 Å². The minimum atomic E-state index is -0.334. The molecule has 2 atom stereocenters. The summed E-state index contributed by atoms with van der Waals surface area (Å²) in [5.41, 5.74) is 16.6. The van der Waals surface area contributed by atoms with Gasteiger partial charge >= 0.3 is 5.97 Å². The molecule has 7 heteroatoms. The number of carbonyl (C=O) groups excluding carboxylic acids is 2. The van der Waals surface area contributed by atoms with E-state index < -0.39 is 0 Å². The second-order valence-corrected chi connectivity index (χ2v) is 8.83. The summed E-state index contributed by atoms with van der Waals surface area (Å²) in [6, 6.07) is 22.6. The summed E-state index contributed by atoms with van der Waals surface area (Å²) in [7, 11) is 1.36. The zero-order chi connectivity index (χ0) is 26.1. The van der Waals surface area contributed by atoms with Crippen LogP contribution in [0.1, 0.15) is 46.8 Å². The lowest BCUT2D eigenvalue weighted by molar-refractivity contribution is -0.142. The van der Waals surface area contributed by atoms with Crippen LogP contribution in [0.2, 0.25) is 0 Å². The van der Waals surface area contributed by atoms with Crippen LogP contribution in [0.4, 0.5) is 0 Å². The van der Waals surface area contributed by atoms with E-state index >= 15 is 0 Å². The van der Waals surface area contributed by atoms with Crippen LogP contribution >= 0.6 is 0 Å². The Morgan fingerprint density at radius 1 is 0.944 bits per heavy atom. The molecule has 0 heterocycles. The maximum absolute atomic E-state index is 13.1. The summed E-state index contributed by atoms with van der Waals surface area (Å²) < 4.78 is 4.92. The number of rotatable bonds is 11. The first-order valence-electron chi connectivity index (χ1n) is 12.0. The van der Waals surface area contributed by atoms with E-state index in [1.807, 2.05) is 61.5 Å². The molecule has 0 aliphatic carbocycles. The number of methoxy groups -OCH3 is 1. The van der Waals surface area contributed by atoms with Gasteiger partial charge in [0.1, 0.15) is 5.84 Å². The van der Waals surface area contributed by atoms with Crippen LogP contribution in [-0.2, 0) is 22.5 Å². The van der Waals surface area contributed by atoms with E-state index in [1.54, 1.807) is 18.2 Å². The molecule has 0 bridgehead atoms. The summed E-state index contributed by atoms with van der Waals surface area (Å²) in [4.78, 5) is 25.3. The number of ether oxygens (including phenoxy) is 1. The van der Waals surface area contributed by atoms with Crippen molar-refractivity contribution in [1.29, 1.82) is 5.41 Å². The Kier molecular flexibility index (Phi) is 9.36. The second kappa shape index (κ2) is 12.7. The van der Waals surface area contributed by atoms with Crippen molar-refractivity contribution in [2.24, 2.45) is 17.4 Å². The first-order chi connectivity index (χ1) is 17.3. The van der Waals surface area contributed by atoms with Crippen molar-refractivity contribution in [1.82, 2.24) is 5.32 Å². The highest BCUT2D eigenvalue weighted by Crippen LogP contribution is 2.23. The largest absolute Gasteiger partial charge is 0.469 e. The van der Waals surface area contributed by atoms with E-state index in [4.69, 9.17) is 21.6 Å². The third kappa shape index (κ3) is 7.02. The van der Waals surface area contributed by atoms with Crippen LogP contribution in [0.25, 0.3) is 11.1 Å². The van der Waals surface area contributed by atoms with Gasteiger partial charge in [0.05, 0.1) is 13.5 Å². The van der Waals surface area contributed by atoms with E-state index in [-0.39, 0.29) is 36.1 Å². The number of esters is 1. The molecule has 3 aromatic carbocycles. The van der Waals surface area contributed by atoms with Crippen LogP contribution in [0.5, 0.6) is 0 Å². The lowest BCUT2D eigenvalue weighted by atomic mass is 9.87. The lowest BCUT2D eigenvalue weighted by Crippen LogP contribution is -2.41. The Balaban J connectivity index is 1.77. The molecule has 0 fully saturated rings. The van der Waals surface area contributed by atoms with Gasteiger partial charge in [-0.25, -0.2) is 0 Å². The maximum atomic E-state index is 13.1. The molecule has 0 aromatic heterocycles. The average Bonchev–Trinajstić information content (AvgIpc) is 2.91. The monoisotopic (exact) mass is 486 g/mol. The fourth-order valence-electron chi connectivity index (χ4n) is 4.32. The first-order valence-corrected chi connectivity index (χ1v) is 12.0. The predicted octanol–water partition coefficient (Wildman–Crippen LogP) is 4.03. The number of nitrogens with two attached hydrogens (primary N) is 2. The number of amidine groups is 1. The molecule has 0 aliphatic heterocycles. The molecule has 1 amide bonds. The van der Waals surface area contributed by atoms with Crippen molar-refractivity contribution in [2.45, 2.75) is 38.8 Å². The third-order valence-electron chi connectivity index (χ3n) is 6.36. The van der Waals surface area contributed by atoms with Gasteiger partial charge < -0.3 is 21.5 Å². The molecular weight excluding hydrogens is 452 g/mol. The Hall–Kier alpha value is -3.97. The SMILES string of the molecule is CCC(NC(=O)c1ccc(-c2cccc(CN)c2)cc1)C(CC(=O)OC)Cc1cccc(C(=N)N)c1. The van der Waals surface area contributed by atoms with Gasteiger partial charge in [-0.15, -0.1) is 0 Å². The van der Waals surface area contributed by atoms with Gasteiger partial charge in [-0.3, -0.25) is 15.0 Å². The van der Waals surface area contributed by atoms with Gasteiger partial charge in [0.2, 0.25) is 0 Å². The highest BCUT2D eigenvalue weighted by molar-refractivity contribution is 5.95. The molecule has 0 saturated carbocycles. The molecule has 0 saturated heterocycles. The Morgan fingerprint density at radius 3 is 2.28 bits per heavy atom. The number of nitrogens with one attached hydrogen (secondary N) is 2. The average molecular weight is 487 g/mol. The molecular formula is C29H34N4O3. The third-order valence-corrected chi connectivity index (χ3v) is 6.36. The van der Waals surface area contributed by atoms with E-state index in [1.165, 1.54) is 7.11 Å². The van der Waals surface area contributed by atoms with Crippen LogP contribution in [-0.4, -0.2) is 30.9 Å². The molecule has 0 radical (unpaired) electrons. The molecule has 0 spiro atoms. The number of benzene rings is 3. The number of hydrogen-bond donors (Lipinski definition) is 4. The standard InChI is InChI=1S/C29H34N4O3/c1-3-26(25(17-27(34)36-2)15-19-6-4-9-24(14-19)28(31)32)33-29(35)22-12-10-21(11-13-22)23-8-5-7-20(16-23)18-30/h4-14,16,25-26H,3,15,17-18,30H2,1-2H3,(H3,31,32)(H,33,35). The van der Waals surface area contributed by atoms with Gasteiger partial charge in [-0.2, -0.15) is 0 Å². The summed E-state index contributed by atoms with van der Waals surface area (Å²) in [5, 5.41) is 10.8. The quantitative estimate of drug-likeness (QED) is 0.185. The van der Waals surface area contributed by atoms with Crippen LogP contribution in [0.15, 0.2) is 72.8 Å². The summed E-state index contributed by atoms with van der Waals surface area (Å²) in [6.45, 7) is 2.45. The predicted molar refractivity (Wildman–Crippen MR) is 143 cm³/mol. The Labute approximate surface area is 212 Å². The molecule has 0 aliphatic rings. The normalized spacial score (nSPS) is 12.4. The van der Waals surface area contributed by atoms with Gasteiger partial charge in [-0.05, 0) is 65.3 Å². The number of nitrogen functional groups attached to an aromatic ring is 1. The maximum Gasteiger partial charge on any atom is 0.305 e. The molecule has 7 nitrogen and oxygen atoms in total. The van der Waals surface area contributed by atoms with Gasteiger partial charge in [0.15, 0.2) is 0 Å². The molecule has 36 heavy (non-hydrogen) atoms. The number of carbonyl (C=O) groups is 2. The zero-order valence-corrected chi connectivity index (χ0v) is 20.8. The second-order valence-electron chi connectivity index (χ2n) is 8.83. The Morgan fingerprint density at radius 2 is 1.64 bits per heavy atom. The van der Waals surface area contributed by atoms with E-state index in [2.05, 4.69) is 5.32 Å². The lowest BCUT2D eigenvalue weighted by Gasteiger charge is -2.27.